The molecule has 16 heavy (non-hydrogen) atoms. The summed E-state index contributed by atoms with van der Waals surface area (Å²) in [6.45, 7) is 1.13. The second kappa shape index (κ2) is 4.30. The minimum atomic E-state index is 0.319. The standard InChI is InChI=1S/C13H17NOS/c15-12(13-5-2-6-16-13)7-11-10-4-1-3-9(10)8-14-11/h2,5-6,9-11,14H,1,3-4,7-8H2. The zero-order chi connectivity index (χ0) is 11.0. The highest BCUT2D eigenvalue weighted by atomic mass is 32.1. The molecule has 0 bridgehead atoms. The molecule has 1 N–H and O–H groups in total. The molecule has 0 amide bonds. The van der Waals surface area contributed by atoms with E-state index >= 15 is 0 Å². The molecule has 3 heteroatoms. The Morgan fingerprint density at radius 3 is 3.25 bits per heavy atom. The number of carbonyl (C=O) groups excluding carboxylic acids is 1. The maximum Gasteiger partial charge on any atom is 0.174 e. The van der Waals surface area contributed by atoms with Crippen molar-refractivity contribution in [1.82, 2.24) is 5.32 Å². The van der Waals surface area contributed by atoms with Crippen LogP contribution in [0.15, 0.2) is 17.5 Å². The second-order valence-corrected chi connectivity index (χ2v) is 5.92. The topological polar surface area (TPSA) is 29.1 Å². The lowest BCUT2D eigenvalue weighted by molar-refractivity contribution is 0.0967. The van der Waals surface area contributed by atoms with Crippen LogP contribution in [0.5, 0.6) is 0 Å². The molecule has 1 aliphatic heterocycles. The molecule has 2 nitrogen and oxygen atoms in total. The summed E-state index contributed by atoms with van der Waals surface area (Å²) in [5, 5.41) is 5.52. The molecule has 2 heterocycles. The van der Waals surface area contributed by atoms with Gasteiger partial charge in [-0.25, -0.2) is 0 Å². The summed E-state index contributed by atoms with van der Waals surface area (Å²) >= 11 is 1.56. The van der Waals surface area contributed by atoms with Crippen LogP contribution in [0.3, 0.4) is 0 Å². The third-order valence-corrected chi connectivity index (χ3v) is 4.99. The lowest BCUT2D eigenvalue weighted by Crippen LogP contribution is -2.29. The Bertz CT molecular complexity index is 373. The minimum absolute atomic E-state index is 0.319. The molecule has 2 fully saturated rings. The van der Waals surface area contributed by atoms with E-state index in [9.17, 15) is 4.79 Å². The molecular weight excluding hydrogens is 218 g/mol. The van der Waals surface area contributed by atoms with Crippen molar-refractivity contribution >= 4 is 17.1 Å². The molecule has 0 aromatic carbocycles. The van der Waals surface area contributed by atoms with Gasteiger partial charge < -0.3 is 5.32 Å². The van der Waals surface area contributed by atoms with Gasteiger partial charge in [0.1, 0.15) is 0 Å². The van der Waals surface area contributed by atoms with Crippen LogP contribution in [0.25, 0.3) is 0 Å². The summed E-state index contributed by atoms with van der Waals surface area (Å²) in [7, 11) is 0. The number of rotatable bonds is 3. The molecule has 1 aromatic heterocycles. The van der Waals surface area contributed by atoms with Gasteiger partial charge in [0.15, 0.2) is 5.78 Å². The van der Waals surface area contributed by atoms with Crippen molar-refractivity contribution in [2.24, 2.45) is 11.8 Å². The number of Topliss-reactive ketones (excluding diaryl/α,β-unsaturated/α-hetero) is 1. The van der Waals surface area contributed by atoms with E-state index in [1.54, 1.807) is 11.3 Å². The van der Waals surface area contributed by atoms with Crippen LogP contribution in [-0.2, 0) is 0 Å². The summed E-state index contributed by atoms with van der Waals surface area (Å²) in [6.07, 6.45) is 4.74. The van der Waals surface area contributed by atoms with Crippen molar-refractivity contribution in [3.05, 3.63) is 22.4 Å². The van der Waals surface area contributed by atoms with E-state index in [0.29, 0.717) is 18.2 Å². The Labute approximate surface area is 100 Å². The average molecular weight is 235 g/mol. The van der Waals surface area contributed by atoms with Crippen LogP contribution in [-0.4, -0.2) is 18.4 Å². The summed E-state index contributed by atoms with van der Waals surface area (Å²) in [4.78, 5) is 12.9. The van der Waals surface area contributed by atoms with Crippen LogP contribution >= 0.6 is 11.3 Å². The summed E-state index contributed by atoms with van der Waals surface area (Å²) < 4.78 is 0. The fourth-order valence-electron chi connectivity index (χ4n) is 3.26. The van der Waals surface area contributed by atoms with Gasteiger partial charge in [-0.05, 0) is 42.7 Å². The zero-order valence-electron chi connectivity index (χ0n) is 9.32. The van der Waals surface area contributed by atoms with E-state index < -0.39 is 0 Å². The van der Waals surface area contributed by atoms with Crippen LogP contribution in [0.2, 0.25) is 0 Å². The Morgan fingerprint density at radius 1 is 1.50 bits per heavy atom. The first-order valence-corrected chi connectivity index (χ1v) is 7.02. The molecule has 86 valence electrons. The highest BCUT2D eigenvalue weighted by Gasteiger charge is 2.39. The Hall–Kier alpha value is -0.670. The van der Waals surface area contributed by atoms with Crippen molar-refractivity contribution in [3.63, 3.8) is 0 Å². The van der Waals surface area contributed by atoms with Gasteiger partial charge in [0.2, 0.25) is 0 Å². The van der Waals surface area contributed by atoms with Crippen molar-refractivity contribution < 1.29 is 4.79 Å². The van der Waals surface area contributed by atoms with Crippen LogP contribution < -0.4 is 5.32 Å². The second-order valence-electron chi connectivity index (χ2n) is 4.97. The van der Waals surface area contributed by atoms with Gasteiger partial charge in [0.25, 0.3) is 0 Å². The van der Waals surface area contributed by atoms with Gasteiger partial charge in [-0.3, -0.25) is 4.79 Å². The van der Waals surface area contributed by atoms with Crippen LogP contribution in [0, 0.1) is 11.8 Å². The van der Waals surface area contributed by atoms with Crippen molar-refractivity contribution in [3.8, 4) is 0 Å². The normalized spacial score (nSPS) is 32.9. The van der Waals surface area contributed by atoms with Crippen molar-refractivity contribution in [2.75, 3.05) is 6.54 Å². The first kappa shape index (κ1) is 10.5. The molecule has 2 aliphatic rings. The summed E-state index contributed by atoms with van der Waals surface area (Å²) in [6, 6.07) is 4.34. The first-order valence-electron chi connectivity index (χ1n) is 6.14. The van der Waals surface area contributed by atoms with Gasteiger partial charge in [-0.2, -0.15) is 0 Å². The third kappa shape index (κ3) is 1.82. The molecular formula is C13H17NOS. The number of fused-ring (bicyclic) bond motifs is 1. The Balaban J connectivity index is 1.65. The molecule has 1 saturated carbocycles. The number of nitrogens with one attached hydrogen (secondary N) is 1. The molecule has 3 rings (SSSR count). The van der Waals surface area contributed by atoms with Gasteiger partial charge in [0.05, 0.1) is 4.88 Å². The fourth-order valence-corrected chi connectivity index (χ4v) is 3.94. The maximum absolute atomic E-state index is 12.0. The average Bonchev–Trinajstić information content (AvgIpc) is 2.94. The minimum Gasteiger partial charge on any atom is -0.313 e. The van der Waals surface area contributed by atoms with E-state index in [-0.39, 0.29) is 0 Å². The molecule has 3 unspecified atom stereocenters. The number of hydrogen-bond acceptors (Lipinski definition) is 3. The van der Waals surface area contributed by atoms with E-state index in [0.717, 1.165) is 23.3 Å². The first-order chi connectivity index (χ1) is 7.84. The zero-order valence-corrected chi connectivity index (χ0v) is 10.1. The van der Waals surface area contributed by atoms with Crippen molar-refractivity contribution in [1.29, 1.82) is 0 Å². The van der Waals surface area contributed by atoms with Gasteiger partial charge in [-0.15, -0.1) is 11.3 Å². The molecule has 3 atom stereocenters. The monoisotopic (exact) mass is 235 g/mol. The Kier molecular flexibility index (Phi) is 2.82. The Morgan fingerprint density at radius 2 is 2.44 bits per heavy atom. The van der Waals surface area contributed by atoms with E-state index in [2.05, 4.69) is 5.32 Å². The molecule has 0 radical (unpaired) electrons. The number of hydrogen-bond donors (Lipinski definition) is 1. The van der Waals surface area contributed by atoms with Crippen LogP contribution in [0.4, 0.5) is 0 Å². The molecule has 1 aliphatic carbocycles. The summed E-state index contributed by atoms with van der Waals surface area (Å²) in [5.74, 6) is 1.94. The largest absolute Gasteiger partial charge is 0.313 e. The van der Waals surface area contributed by atoms with Gasteiger partial charge in [0, 0.05) is 12.5 Å². The molecule has 1 aromatic rings. The molecule has 0 spiro atoms. The number of carbonyl (C=O) groups is 1. The molecule has 1 saturated heterocycles. The third-order valence-electron chi connectivity index (χ3n) is 4.08. The predicted molar refractivity (Wildman–Crippen MR) is 65.9 cm³/mol. The number of ketones is 1. The highest BCUT2D eigenvalue weighted by Crippen LogP contribution is 2.39. The number of thiophene rings is 1. The quantitative estimate of drug-likeness (QED) is 0.816. The van der Waals surface area contributed by atoms with E-state index in [1.165, 1.54) is 19.3 Å². The predicted octanol–water partition coefficient (Wildman–Crippen LogP) is 2.71. The smallest absolute Gasteiger partial charge is 0.174 e. The van der Waals surface area contributed by atoms with Gasteiger partial charge >= 0.3 is 0 Å². The van der Waals surface area contributed by atoms with Crippen molar-refractivity contribution in [2.45, 2.75) is 31.7 Å². The van der Waals surface area contributed by atoms with E-state index in [1.807, 2.05) is 17.5 Å². The summed E-state index contributed by atoms with van der Waals surface area (Å²) in [5.41, 5.74) is 0. The lowest BCUT2D eigenvalue weighted by atomic mass is 9.91. The highest BCUT2D eigenvalue weighted by molar-refractivity contribution is 7.12. The SMILES string of the molecule is O=C(CC1NCC2CCCC21)c1cccs1. The van der Waals surface area contributed by atoms with E-state index in [4.69, 9.17) is 0 Å². The van der Waals surface area contributed by atoms with Crippen LogP contribution in [0.1, 0.15) is 35.4 Å². The fraction of sp³-hybridized carbons (Fsp3) is 0.615. The maximum atomic E-state index is 12.0. The van der Waals surface area contributed by atoms with Gasteiger partial charge in [-0.1, -0.05) is 12.5 Å². The lowest BCUT2D eigenvalue weighted by Gasteiger charge is -2.16.